The number of hydrogen-bond acceptors (Lipinski definition) is 8. The predicted octanol–water partition coefficient (Wildman–Crippen LogP) is 0.505. The van der Waals surface area contributed by atoms with E-state index in [1.165, 1.54) is 0 Å². The second-order valence-corrected chi connectivity index (χ2v) is 8.31. The van der Waals surface area contributed by atoms with Gasteiger partial charge in [-0.3, -0.25) is 34.4 Å². The third kappa shape index (κ3) is 3.93. The molecular formula is C23H24N6O4. The number of amides is 4. The Labute approximate surface area is 190 Å². The number of piperidine rings is 1. The summed E-state index contributed by atoms with van der Waals surface area (Å²) in [5.41, 5.74) is 3.36. The topological polar surface area (TPSA) is 124 Å². The summed E-state index contributed by atoms with van der Waals surface area (Å²) in [6.45, 7) is 4.08. The van der Waals surface area contributed by atoms with Gasteiger partial charge < -0.3 is 15.5 Å². The number of benzene rings is 1. The molecule has 2 fully saturated rings. The Morgan fingerprint density at radius 3 is 2.61 bits per heavy atom. The van der Waals surface area contributed by atoms with Crippen LogP contribution in [0.1, 0.15) is 39.1 Å². The summed E-state index contributed by atoms with van der Waals surface area (Å²) in [6.07, 6.45) is 3.81. The average molecular weight is 448 g/mol. The highest BCUT2D eigenvalue weighted by molar-refractivity contribution is 6.23. The highest BCUT2D eigenvalue weighted by atomic mass is 16.2. The maximum atomic E-state index is 13.0. The summed E-state index contributed by atoms with van der Waals surface area (Å²) in [5.74, 6) is -2.01. The number of rotatable bonds is 5. The maximum Gasteiger partial charge on any atom is 0.262 e. The molecule has 4 heterocycles. The van der Waals surface area contributed by atoms with Crippen molar-refractivity contribution >= 4 is 35.0 Å². The van der Waals surface area contributed by atoms with Crippen LogP contribution in [0.4, 0.5) is 11.4 Å². The number of aromatic nitrogens is 1. The van der Waals surface area contributed by atoms with E-state index in [1.807, 2.05) is 12.3 Å². The SMILES string of the molecule is O=C1CCC(N2C(=O)c3ccc(CNc4ccncc4N4CCNCC4)cc3C2=O)C(=O)N1. The molecule has 10 heteroatoms. The second kappa shape index (κ2) is 8.62. The van der Waals surface area contributed by atoms with E-state index in [1.54, 1.807) is 24.4 Å². The lowest BCUT2D eigenvalue weighted by molar-refractivity contribution is -0.136. The number of fused-ring (bicyclic) bond motifs is 1. The molecule has 3 N–H and O–H groups in total. The Balaban J connectivity index is 1.33. The van der Waals surface area contributed by atoms with Crippen molar-refractivity contribution in [3.8, 4) is 0 Å². The summed E-state index contributed by atoms with van der Waals surface area (Å²) >= 11 is 0. The van der Waals surface area contributed by atoms with Gasteiger partial charge in [-0.2, -0.15) is 0 Å². The molecule has 2 aromatic rings. The van der Waals surface area contributed by atoms with Gasteiger partial charge in [-0.1, -0.05) is 6.07 Å². The number of anilines is 2. The number of imide groups is 2. The van der Waals surface area contributed by atoms with E-state index in [2.05, 4.69) is 25.8 Å². The van der Waals surface area contributed by atoms with Crippen LogP contribution >= 0.6 is 0 Å². The predicted molar refractivity (Wildman–Crippen MR) is 120 cm³/mol. The molecular weight excluding hydrogens is 424 g/mol. The van der Waals surface area contributed by atoms with Gasteiger partial charge in [-0.15, -0.1) is 0 Å². The van der Waals surface area contributed by atoms with Crippen molar-refractivity contribution in [3.05, 3.63) is 53.3 Å². The fourth-order valence-corrected chi connectivity index (χ4v) is 4.52. The van der Waals surface area contributed by atoms with Crippen molar-refractivity contribution in [2.24, 2.45) is 0 Å². The zero-order chi connectivity index (χ0) is 22.9. The molecule has 1 unspecified atom stereocenters. The second-order valence-electron chi connectivity index (χ2n) is 8.31. The minimum atomic E-state index is -0.963. The quantitative estimate of drug-likeness (QED) is 0.565. The standard InChI is InChI=1S/C23H24N6O4/c30-20-4-3-18(21(31)27-20)29-22(32)15-2-1-14(11-16(15)23(29)33)12-26-17-5-6-25-13-19(17)28-9-7-24-8-10-28/h1-2,5-6,11,13,18,24H,3-4,7-10,12H2,(H,25,26)(H,27,30,31). The van der Waals surface area contributed by atoms with E-state index >= 15 is 0 Å². The number of hydrogen-bond donors (Lipinski definition) is 3. The Morgan fingerprint density at radius 2 is 1.82 bits per heavy atom. The van der Waals surface area contributed by atoms with Gasteiger partial charge in [0.1, 0.15) is 6.04 Å². The van der Waals surface area contributed by atoms with Gasteiger partial charge in [-0.05, 0) is 30.2 Å². The van der Waals surface area contributed by atoms with Crippen molar-refractivity contribution in [1.29, 1.82) is 0 Å². The number of carbonyl (C=O) groups excluding carboxylic acids is 4. The van der Waals surface area contributed by atoms with E-state index in [-0.39, 0.29) is 24.0 Å². The number of pyridine rings is 1. The van der Waals surface area contributed by atoms with Gasteiger partial charge in [0.2, 0.25) is 11.8 Å². The van der Waals surface area contributed by atoms with Crippen molar-refractivity contribution < 1.29 is 19.2 Å². The molecule has 3 aliphatic heterocycles. The fourth-order valence-electron chi connectivity index (χ4n) is 4.52. The molecule has 33 heavy (non-hydrogen) atoms. The molecule has 1 aromatic carbocycles. The first-order valence-corrected chi connectivity index (χ1v) is 11.0. The highest BCUT2D eigenvalue weighted by Crippen LogP contribution is 2.29. The first kappa shape index (κ1) is 21.1. The minimum absolute atomic E-state index is 0.0975. The van der Waals surface area contributed by atoms with Crippen LogP contribution in [-0.4, -0.2) is 65.7 Å². The highest BCUT2D eigenvalue weighted by Gasteiger charge is 2.44. The molecule has 0 bridgehead atoms. The molecule has 10 nitrogen and oxygen atoms in total. The van der Waals surface area contributed by atoms with Crippen molar-refractivity contribution in [2.45, 2.75) is 25.4 Å². The van der Waals surface area contributed by atoms with Crippen LogP contribution in [0.2, 0.25) is 0 Å². The van der Waals surface area contributed by atoms with E-state index < -0.39 is 29.7 Å². The van der Waals surface area contributed by atoms with Crippen molar-refractivity contribution in [1.82, 2.24) is 20.5 Å². The van der Waals surface area contributed by atoms with Gasteiger partial charge in [0.15, 0.2) is 0 Å². The maximum absolute atomic E-state index is 13.0. The molecule has 1 atom stereocenters. The first-order chi connectivity index (χ1) is 16.0. The zero-order valence-electron chi connectivity index (χ0n) is 18.0. The van der Waals surface area contributed by atoms with Crippen LogP contribution in [0.5, 0.6) is 0 Å². The molecule has 5 rings (SSSR count). The van der Waals surface area contributed by atoms with E-state index in [0.29, 0.717) is 6.54 Å². The summed E-state index contributed by atoms with van der Waals surface area (Å²) in [6, 6.07) is 6.08. The Bertz CT molecular complexity index is 1140. The van der Waals surface area contributed by atoms with E-state index in [0.717, 1.165) is 48.0 Å². The minimum Gasteiger partial charge on any atom is -0.379 e. The molecule has 0 saturated carbocycles. The third-order valence-electron chi connectivity index (χ3n) is 6.24. The molecule has 3 aliphatic rings. The monoisotopic (exact) mass is 448 g/mol. The molecule has 1 aromatic heterocycles. The molecule has 0 spiro atoms. The van der Waals surface area contributed by atoms with Crippen molar-refractivity contribution in [3.63, 3.8) is 0 Å². The molecule has 0 aliphatic carbocycles. The normalized spacial score (nSPS) is 20.7. The van der Waals surface area contributed by atoms with Crippen LogP contribution in [-0.2, 0) is 16.1 Å². The van der Waals surface area contributed by atoms with Crippen molar-refractivity contribution in [2.75, 3.05) is 36.4 Å². The van der Waals surface area contributed by atoms with E-state index in [4.69, 9.17) is 0 Å². The first-order valence-electron chi connectivity index (χ1n) is 11.0. The largest absolute Gasteiger partial charge is 0.379 e. The van der Waals surface area contributed by atoms with Gasteiger partial charge in [0.05, 0.1) is 28.7 Å². The van der Waals surface area contributed by atoms with Crippen LogP contribution in [0.25, 0.3) is 0 Å². The lowest BCUT2D eigenvalue weighted by Gasteiger charge is -2.30. The number of carbonyl (C=O) groups is 4. The number of nitrogens with zero attached hydrogens (tertiary/aromatic N) is 3. The Kier molecular flexibility index (Phi) is 5.51. The average Bonchev–Trinajstić information content (AvgIpc) is 3.08. The van der Waals surface area contributed by atoms with E-state index in [9.17, 15) is 19.2 Å². The van der Waals surface area contributed by atoms with Gasteiger partial charge in [0, 0.05) is 45.3 Å². The van der Waals surface area contributed by atoms with Gasteiger partial charge >= 0.3 is 0 Å². The molecule has 2 saturated heterocycles. The smallest absolute Gasteiger partial charge is 0.262 e. The summed E-state index contributed by atoms with van der Waals surface area (Å²) in [4.78, 5) is 57.0. The van der Waals surface area contributed by atoms with Crippen LogP contribution in [0.3, 0.4) is 0 Å². The van der Waals surface area contributed by atoms with Crippen LogP contribution in [0, 0.1) is 0 Å². The van der Waals surface area contributed by atoms with Crippen LogP contribution in [0.15, 0.2) is 36.7 Å². The van der Waals surface area contributed by atoms with Gasteiger partial charge in [0.25, 0.3) is 11.8 Å². The Hall–Kier alpha value is -3.79. The molecule has 4 amide bonds. The molecule has 170 valence electrons. The molecule has 0 radical (unpaired) electrons. The summed E-state index contributed by atoms with van der Waals surface area (Å²) in [5, 5.41) is 8.96. The number of nitrogens with one attached hydrogen (secondary N) is 3. The lowest BCUT2D eigenvalue weighted by Crippen LogP contribution is -2.54. The van der Waals surface area contributed by atoms with Crippen LogP contribution < -0.4 is 20.9 Å². The summed E-state index contributed by atoms with van der Waals surface area (Å²) < 4.78 is 0. The Morgan fingerprint density at radius 1 is 1.03 bits per heavy atom. The third-order valence-corrected chi connectivity index (χ3v) is 6.24. The lowest BCUT2D eigenvalue weighted by atomic mass is 10.0. The summed E-state index contributed by atoms with van der Waals surface area (Å²) in [7, 11) is 0. The number of piperazine rings is 1. The fraction of sp³-hybridized carbons (Fsp3) is 0.348. The zero-order valence-corrected chi connectivity index (χ0v) is 18.0. The van der Waals surface area contributed by atoms with Gasteiger partial charge in [-0.25, -0.2) is 0 Å².